The largest absolute Gasteiger partial charge is 0.544 e. The first-order valence-electron chi connectivity index (χ1n) is 7.04. The average Bonchev–Trinajstić information content (AvgIpc) is 2.51. The molecule has 1 amide bonds. The Kier molecular flexibility index (Phi) is 5.46. The van der Waals surface area contributed by atoms with E-state index in [1.165, 1.54) is 5.32 Å². The molecule has 0 radical (unpaired) electrons. The first kappa shape index (κ1) is 15.9. The zero-order chi connectivity index (χ0) is 15.9. The van der Waals surface area contributed by atoms with Crippen molar-refractivity contribution in [1.29, 1.82) is 0 Å². The van der Waals surface area contributed by atoms with Crippen LogP contribution in [-0.4, -0.2) is 36.2 Å². The summed E-state index contributed by atoms with van der Waals surface area (Å²) in [7, 11) is 0. The Morgan fingerprint density at radius 2 is 1.91 bits per heavy atom. The van der Waals surface area contributed by atoms with Gasteiger partial charge in [0, 0.05) is 11.1 Å². The van der Waals surface area contributed by atoms with E-state index in [-0.39, 0.29) is 19.6 Å². The van der Waals surface area contributed by atoms with Gasteiger partial charge in [0.1, 0.15) is 6.04 Å². The Labute approximate surface area is 127 Å². The topological polar surface area (TPSA) is 106 Å². The number of fused-ring (bicyclic) bond motifs is 1. The summed E-state index contributed by atoms with van der Waals surface area (Å²) < 4.78 is 0. The molecule has 0 heterocycles. The zero-order valence-corrected chi connectivity index (χ0v) is 12.0. The number of carboxylic acid groups (broad SMARTS) is 1. The number of benzene rings is 2. The van der Waals surface area contributed by atoms with Gasteiger partial charge >= 0.3 is 0 Å². The van der Waals surface area contributed by atoms with Crippen LogP contribution in [0.2, 0.25) is 0 Å². The van der Waals surface area contributed by atoms with Crippen molar-refractivity contribution in [2.75, 3.05) is 18.5 Å². The molecule has 116 valence electrons. The summed E-state index contributed by atoms with van der Waals surface area (Å²) in [5.41, 5.74) is 0.641. The van der Waals surface area contributed by atoms with E-state index in [1.54, 1.807) is 6.07 Å². The van der Waals surface area contributed by atoms with Crippen molar-refractivity contribution in [1.82, 2.24) is 0 Å². The normalized spacial score (nSPS) is 12.0. The van der Waals surface area contributed by atoms with Gasteiger partial charge in [-0.3, -0.25) is 4.79 Å². The quantitative estimate of drug-likeness (QED) is 0.600. The second kappa shape index (κ2) is 7.53. The second-order valence-electron chi connectivity index (χ2n) is 4.95. The summed E-state index contributed by atoms with van der Waals surface area (Å²) in [5, 5.41) is 25.7. The fourth-order valence-corrected chi connectivity index (χ4v) is 2.27. The molecule has 0 spiro atoms. The number of carbonyl (C=O) groups excluding carboxylic acids is 2. The van der Waals surface area contributed by atoms with Crippen LogP contribution in [0.3, 0.4) is 0 Å². The molecule has 0 bridgehead atoms. The predicted molar refractivity (Wildman–Crippen MR) is 79.9 cm³/mol. The van der Waals surface area contributed by atoms with Crippen LogP contribution < -0.4 is 15.7 Å². The van der Waals surface area contributed by atoms with Crippen LogP contribution in [0.25, 0.3) is 10.8 Å². The molecule has 2 aromatic carbocycles. The number of hydrogen-bond acceptors (Lipinski definition) is 4. The van der Waals surface area contributed by atoms with Gasteiger partial charge in [-0.1, -0.05) is 36.4 Å². The van der Waals surface area contributed by atoms with Crippen molar-refractivity contribution in [3.63, 3.8) is 0 Å². The third-order valence-electron chi connectivity index (χ3n) is 3.35. The molecule has 2 aromatic rings. The van der Waals surface area contributed by atoms with Gasteiger partial charge in [-0.15, -0.1) is 0 Å². The molecule has 0 fully saturated rings. The molecule has 22 heavy (non-hydrogen) atoms. The smallest absolute Gasteiger partial charge is 0.230 e. The Morgan fingerprint density at radius 1 is 1.18 bits per heavy atom. The fraction of sp³-hybridized carbons (Fsp3) is 0.250. The summed E-state index contributed by atoms with van der Waals surface area (Å²) in [4.78, 5) is 23.1. The highest BCUT2D eigenvalue weighted by atomic mass is 16.4. The molecule has 0 aliphatic carbocycles. The number of aliphatic hydroxyl groups excluding tert-OH is 1. The highest BCUT2D eigenvalue weighted by molar-refractivity contribution is 6.02. The van der Waals surface area contributed by atoms with Gasteiger partial charge in [0.15, 0.2) is 0 Å². The minimum absolute atomic E-state index is 0.158. The maximum absolute atomic E-state index is 12.0. The van der Waals surface area contributed by atoms with E-state index in [0.717, 1.165) is 10.8 Å². The van der Waals surface area contributed by atoms with Gasteiger partial charge in [0.2, 0.25) is 5.91 Å². The minimum atomic E-state index is -1.32. The number of aliphatic hydroxyl groups is 1. The highest BCUT2D eigenvalue weighted by Crippen LogP contribution is 2.22. The van der Waals surface area contributed by atoms with Crippen molar-refractivity contribution in [3.05, 3.63) is 42.5 Å². The lowest BCUT2D eigenvalue weighted by Gasteiger charge is -2.16. The van der Waals surface area contributed by atoms with Gasteiger partial charge in [0.25, 0.3) is 0 Å². The van der Waals surface area contributed by atoms with E-state index in [4.69, 9.17) is 5.11 Å². The summed E-state index contributed by atoms with van der Waals surface area (Å²) >= 11 is 0. The molecule has 0 saturated heterocycles. The molecule has 0 unspecified atom stereocenters. The Bertz CT molecular complexity index is 667. The number of anilines is 1. The van der Waals surface area contributed by atoms with Crippen LogP contribution in [-0.2, 0) is 9.59 Å². The molecule has 4 N–H and O–H groups in total. The number of quaternary nitrogens is 1. The number of carbonyl (C=O) groups is 2. The molecular weight excluding hydrogens is 284 g/mol. The third kappa shape index (κ3) is 4.03. The average molecular weight is 302 g/mol. The highest BCUT2D eigenvalue weighted by Gasteiger charge is 2.18. The third-order valence-corrected chi connectivity index (χ3v) is 3.35. The van der Waals surface area contributed by atoms with Crippen molar-refractivity contribution in [2.24, 2.45) is 0 Å². The van der Waals surface area contributed by atoms with Crippen molar-refractivity contribution >= 4 is 28.3 Å². The fourth-order valence-electron chi connectivity index (χ4n) is 2.27. The summed E-state index contributed by atoms with van der Waals surface area (Å²) in [6, 6.07) is 12.1. The monoisotopic (exact) mass is 302 g/mol. The molecule has 6 nitrogen and oxygen atoms in total. The van der Waals surface area contributed by atoms with Crippen LogP contribution in [0.5, 0.6) is 0 Å². The standard InChI is InChI=1S/C16H18N2O4/c19-9-8-17-14(16(21)22)10-15(20)18-13-7-3-5-11-4-1-2-6-12(11)13/h1-7,14,17,19H,8-10H2,(H,18,20)(H,21,22)/t14-/m1/s1. The number of rotatable bonds is 7. The van der Waals surface area contributed by atoms with Crippen LogP contribution in [0.1, 0.15) is 6.42 Å². The maximum Gasteiger partial charge on any atom is 0.230 e. The van der Waals surface area contributed by atoms with E-state index in [0.29, 0.717) is 5.69 Å². The lowest BCUT2D eigenvalue weighted by Crippen LogP contribution is -2.94. The van der Waals surface area contributed by atoms with E-state index >= 15 is 0 Å². The second-order valence-corrected chi connectivity index (χ2v) is 4.95. The van der Waals surface area contributed by atoms with Crippen LogP contribution >= 0.6 is 0 Å². The van der Waals surface area contributed by atoms with Crippen LogP contribution in [0, 0.1) is 0 Å². The van der Waals surface area contributed by atoms with E-state index in [1.807, 2.05) is 36.4 Å². The number of nitrogens with two attached hydrogens (primary N) is 1. The lowest BCUT2D eigenvalue weighted by molar-refractivity contribution is -0.683. The van der Waals surface area contributed by atoms with Gasteiger partial charge in [-0.2, -0.15) is 0 Å². The summed E-state index contributed by atoms with van der Waals surface area (Å²) in [6.45, 7) is 0.0505. The van der Waals surface area contributed by atoms with Gasteiger partial charge < -0.3 is 25.6 Å². The van der Waals surface area contributed by atoms with Gasteiger partial charge in [0.05, 0.1) is 25.5 Å². The number of hydrogen-bond donors (Lipinski definition) is 3. The van der Waals surface area contributed by atoms with Crippen molar-refractivity contribution < 1.29 is 25.1 Å². The van der Waals surface area contributed by atoms with Crippen molar-refractivity contribution in [2.45, 2.75) is 12.5 Å². The first-order valence-corrected chi connectivity index (χ1v) is 7.04. The maximum atomic E-state index is 12.0. The molecule has 1 atom stereocenters. The first-order chi connectivity index (χ1) is 10.6. The van der Waals surface area contributed by atoms with Crippen LogP contribution in [0.15, 0.2) is 42.5 Å². The van der Waals surface area contributed by atoms with Crippen molar-refractivity contribution in [3.8, 4) is 0 Å². The molecule has 6 heteroatoms. The predicted octanol–water partition coefficient (Wildman–Crippen LogP) is -1.16. The Hall–Kier alpha value is -2.44. The Balaban J connectivity index is 2.08. The Morgan fingerprint density at radius 3 is 2.64 bits per heavy atom. The lowest BCUT2D eigenvalue weighted by atomic mass is 10.1. The van der Waals surface area contributed by atoms with E-state index < -0.39 is 17.9 Å². The number of carboxylic acids is 1. The summed E-state index contributed by atoms with van der Waals surface area (Å²) in [5.74, 6) is -1.72. The van der Waals surface area contributed by atoms with Gasteiger partial charge in [-0.05, 0) is 11.5 Å². The van der Waals surface area contributed by atoms with E-state index in [9.17, 15) is 14.7 Å². The van der Waals surface area contributed by atoms with Gasteiger partial charge in [-0.25, -0.2) is 0 Å². The van der Waals surface area contributed by atoms with Crippen LogP contribution in [0.4, 0.5) is 5.69 Å². The number of amides is 1. The number of nitrogens with one attached hydrogen (secondary N) is 1. The molecule has 0 aliphatic heterocycles. The zero-order valence-electron chi connectivity index (χ0n) is 12.0. The SMILES string of the molecule is O=C(C[C@@H]([NH2+]CCO)C(=O)[O-])Nc1cccc2ccccc12. The molecular formula is C16H18N2O4. The molecule has 0 aliphatic rings. The number of aliphatic carboxylic acids is 1. The molecule has 0 aromatic heterocycles. The summed E-state index contributed by atoms with van der Waals surface area (Å²) in [6.07, 6.45) is -0.217. The minimum Gasteiger partial charge on any atom is -0.544 e. The molecule has 0 saturated carbocycles. The molecule has 2 rings (SSSR count). The van der Waals surface area contributed by atoms with E-state index in [2.05, 4.69) is 5.32 Å².